The molecule has 0 radical (unpaired) electrons. The average molecular weight is 454 g/mol. The number of aromatic nitrogens is 5. The van der Waals surface area contributed by atoms with E-state index >= 15 is 0 Å². The summed E-state index contributed by atoms with van der Waals surface area (Å²) < 4.78 is 13.1. The van der Waals surface area contributed by atoms with Gasteiger partial charge in [-0.15, -0.1) is 21.5 Å². The van der Waals surface area contributed by atoms with Crippen LogP contribution in [0.4, 0.5) is 0 Å². The number of fused-ring (bicyclic) bond motifs is 2. The molecule has 0 aliphatic heterocycles. The Balaban J connectivity index is 1.27. The highest BCUT2D eigenvalue weighted by Gasteiger charge is 2.43. The van der Waals surface area contributed by atoms with Gasteiger partial charge in [0.05, 0.1) is 16.9 Å². The fourth-order valence-electron chi connectivity index (χ4n) is 5.34. The number of thiophene rings is 1. The van der Waals surface area contributed by atoms with Gasteiger partial charge in [-0.05, 0) is 67.5 Å². The molecule has 0 amide bonds. The summed E-state index contributed by atoms with van der Waals surface area (Å²) in [5.74, 6) is 5.58. The lowest BCUT2D eigenvalue weighted by molar-refractivity contribution is 0.235. The van der Waals surface area contributed by atoms with E-state index in [1.807, 2.05) is 12.1 Å². The van der Waals surface area contributed by atoms with E-state index in [0.717, 1.165) is 27.7 Å². The largest absolute Gasteiger partial charge is 0.461 e. The van der Waals surface area contributed by atoms with Crippen molar-refractivity contribution in [2.75, 3.05) is 0 Å². The van der Waals surface area contributed by atoms with Crippen LogP contribution in [0.5, 0.6) is 0 Å². The summed E-state index contributed by atoms with van der Waals surface area (Å²) in [4.78, 5) is 5.62. The predicted octanol–water partition coefficient (Wildman–Crippen LogP) is 5.94. The molecular weight excluding hydrogens is 430 g/mol. The van der Waals surface area contributed by atoms with Gasteiger partial charge in [-0.1, -0.05) is 29.4 Å². The van der Waals surface area contributed by atoms with Crippen molar-refractivity contribution in [3.05, 3.63) is 41.8 Å². The van der Waals surface area contributed by atoms with Gasteiger partial charge in [-0.3, -0.25) is 4.57 Å². The minimum absolute atomic E-state index is 0.367. The van der Waals surface area contributed by atoms with Crippen LogP contribution < -0.4 is 0 Å². The van der Waals surface area contributed by atoms with E-state index in [0.29, 0.717) is 35.2 Å². The molecule has 4 aromatic rings. The number of rotatable bonds is 7. The molecule has 6 rings (SSSR count). The molecule has 4 atom stereocenters. The molecule has 9 heteroatoms. The van der Waals surface area contributed by atoms with E-state index in [9.17, 15) is 0 Å². The molecule has 0 saturated heterocycles. The summed E-state index contributed by atoms with van der Waals surface area (Å²) in [5.41, 5.74) is 0. The summed E-state index contributed by atoms with van der Waals surface area (Å²) in [5, 5.41) is 16.2. The molecule has 2 saturated carbocycles. The smallest absolute Gasteiger partial charge is 0.238 e. The quantitative estimate of drug-likeness (QED) is 0.320. The molecule has 2 bridgehead atoms. The lowest BCUT2D eigenvalue weighted by Crippen LogP contribution is -2.23. The lowest BCUT2D eigenvalue weighted by atomic mass is 9.84. The molecule has 2 fully saturated rings. The molecule has 4 heterocycles. The van der Waals surface area contributed by atoms with Gasteiger partial charge < -0.3 is 8.94 Å². The van der Waals surface area contributed by atoms with E-state index in [1.54, 1.807) is 29.4 Å². The van der Waals surface area contributed by atoms with Crippen LogP contribution in [0.15, 0.2) is 50.0 Å². The summed E-state index contributed by atoms with van der Waals surface area (Å²) in [7, 11) is 0. The van der Waals surface area contributed by atoms with Gasteiger partial charge in [-0.2, -0.15) is 4.98 Å². The van der Waals surface area contributed by atoms with Gasteiger partial charge in [0.2, 0.25) is 11.7 Å². The number of furan rings is 1. The van der Waals surface area contributed by atoms with Gasteiger partial charge in [0.1, 0.15) is 0 Å². The Kier molecular flexibility index (Phi) is 4.95. The molecule has 4 unspecified atom stereocenters. The van der Waals surface area contributed by atoms with E-state index in [1.165, 1.54) is 25.7 Å². The summed E-state index contributed by atoms with van der Waals surface area (Å²) in [6.07, 6.45) is 7.10. The van der Waals surface area contributed by atoms with E-state index in [4.69, 9.17) is 8.94 Å². The zero-order valence-electron chi connectivity index (χ0n) is 17.2. The lowest BCUT2D eigenvalue weighted by Gasteiger charge is -2.30. The zero-order chi connectivity index (χ0) is 20.8. The minimum Gasteiger partial charge on any atom is -0.461 e. The zero-order valence-corrected chi connectivity index (χ0v) is 18.8. The van der Waals surface area contributed by atoms with Crippen molar-refractivity contribution in [1.29, 1.82) is 0 Å². The SMILES string of the molecule is CC(C1CC2CCC1C2)n1c(SCc2nc(-c3ccco3)no2)nnc1-c1cccs1. The third kappa shape index (κ3) is 3.53. The fraction of sp³-hybridized carbons (Fsp3) is 0.455. The molecule has 0 aromatic carbocycles. The van der Waals surface area contributed by atoms with Gasteiger partial charge >= 0.3 is 0 Å². The second-order valence-corrected chi connectivity index (χ2v) is 10.4. The molecule has 31 heavy (non-hydrogen) atoms. The molecule has 0 spiro atoms. The molecule has 2 aliphatic carbocycles. The van der Waals surface area contributed by atoms with Crippen molar-refractivity contribution in [2.24, 2.45) is 17.8 Å². The normalized spacial score (nSPS) is 23.6. The highest BCUT2D eigenvalue weighted by Crippen LogP contribution is 2.53. The maximum Gasteiger partial charge on any atom is 0.238 e. The molecule has 160 valence electrons. The third-order valence-corrected chi connectivity index (χ3v) is 8.55. The molecule has 2 aliphatic rings. The number of nitrogens with zero attached hydrogens (tertiary/aromatic N) is 5. The molecule has 7 nitrogen and oxygen atoms in total. The maximum absolute atomic E-state index is 5.43. The Bertz CT molecular complexity index is 1150. The van der Waals surface area contributed by atoms with Gasteiger partial charge in [0, 0.05) is 6.04 Å². The van der Waals surface area contributed by atoms with Crippen LogP contribution in [0.2, 0.25) is 0 Å². The van der Waals surface area contributed by atoms with Crippen LogP contribution >= 0.6 is 23.1 Å². The number of hydrogen-bond donors (Lipinski definition) is 0. The van der Waals surface area contributed by atoms with Crippen LogP contribution in [0.25, 0.3) is 22.3 Å². The van der Waals surface area contributed by atoms with Crippen LogP contribution in [0.1, 0.15) is 44.5 Å². The Morgan fingerprint density at radius 3 is 2.94 bits per heavy atom. The van der Waals surface area contributed by atoms with Gasteiger partial charge in [0.15, 0.2) is 16.7 Å². The highest BCUT2D eigenvalue weighted by atomic mass is 32.2. The monoisotopic (exact) mass is 453 g/mol. The Morgan fingerprint density at radius 2 is 2.19 bits per heavy atom. The van der Waals surface area contributed by atoms with Crippen molar-refractivity contribution in [1.82, 2.24) is 24.9 Å². The summed E-state index contributed by atoms with van der Waals surface area (Å²) in [6, 6.07) is 8.20. The first-order chi connectivity index (χ1) is 15.3. The second-order valence-electron chi connectivity index (χ2n) is 8.51. The van der Waals surface area contributed by atoms with Crippen molar-refractivity contribution < 1.29 is 8.94 Å². The first kappa shape index (κ1) is 19.3. The molecule has 0 N–H and O–H groups in total. The van der Waals surface area contributed by atoms with Crippen LogP contribution in [-0.2, 0) is 5.75 Å². The van der Waals surface area contributed by atoms with Crippen molar-refractivity contribution >= 4 is 23.1 Å². The average Bonchev–Trinajstić information content (AvgIpc) is 3.63. The topological polar surface area (TPSA) is 82.8 Å². The maximum atomic E-state index is 5.43. The van der Waals surface area contributed by atoms with E-state index in [2.05, 4.69) is 49.3 Å². The second kappa shape index (κ2) is 7.94. The summed E-state index contributed by atoms with van der Waals surface area (Å²) in [6.45, 7) is 2.34. The molecule has 4 aromatic heterocycles. The summed E-state index contributed by atoms with van der Waals surface area (Å²) >= 11 is 3.31. The first-order valence-electron chi connectivity index (χ1n) is 10.7. The number of thioether (sulfide) groups is 1. The fourth-order valence-corrected chi connectivity index (χ4v) is 6.90. The predicted molar refractivity (Wildman–Crippen MR) is 119 cm³/mol. The van der Waals surface area contributed by atoms with Crippen molar-refractivity contribution in [3.63, 3.8) is 0 Å². The first-order valence-corrected chi connectivity index (χ1v) is 12.6. The number of hydrogen-bond acceptors (Lipinski definition) is 8. The van der Waals surface area contributed by atoms with Crippen molar-refractivity contribution in [3.8, 4) is 22.3 Å². The Morgan fingerprint density at radius 1 is 1.23 bits per heavy atom. The van der Waals surface area contributed by atoms with Crippen LogP contribution in [-0.4, -0.2) is 24.9 Å². The minimum atomic E-state index is 0.367. The Hall–Kier alpha value is -2.39. The Labute approximate surface area is 188 Å². The third-order valence-electron chi connectivity index (χ3n) is 6.76. The highest BCUT2D eigenvalue weighted by molar-refractivity contribution is 7.98. The van der Waals surface area contributed by atoms with Crippen LogP contribution in [0.3, 0.4) is 0 Å². The van der Waals surface area contributed by atoms with E-state index in [-0.39, 0.29) is 0 Å². The van der Waals surface area contributed by atoms with Crippen molar-refractivity contribution in [2.45, 2.75) is 49.6 Å². The van der Waals surface area contributed by atoms with E-state index < -0.39 is 0 Å². The molecular formula is C22H23N5O2S2. The van der Waals surface area contributed by atoms with Crippen LogP contribution in [0, 0.1) is 17.8 Å². The standard InChI is InChI=1S/C22H23N5O2S2/c1-13(16-11-14-6-7-15(16)10-14)27-21(18-5-3-9-30-18)24-25-22(27)31-12-19-23-20(26-29-19)17-4-2-8-28-17/h2-5,8-9,13-16H,6-7,10-12H2,1H3. The van der Waals surface area contributed by atoms with Gasteiger partial charge in [-0.25, -0.2) is 0 Å². The van der Waals surface area contributed by atoms with Gasteiger partial charge in [0.25, 0.3) is 0 Å².